The van der Waals surface area contributed by atoms with Gasteiger partial charge in [-0.3, -0.25) is 14.5 Å². The van der Waals surface area contributed by atoms with Gasteiger partial charge in [0.1, 0.15) is 0 Å². The van der Waals surface area contributed by atoms with Gasteiger partial charge in [-0.25, -0.2) is 0 Å². The molecule has 7 heteroatoms. The molecular weight excluding hydrogens is 365 g/mol. The fraction of sp³-hybridized carbons (Fsp3) is 0.0556. The first-order chi connectivity index (χ1) is 11.9. The predicted octanol–water partition coefficient (Wildman–Crippen LogP) is 2.27. The quantitative estimate of drug-likeness (QED) is 0.609. The number of carbonyl (C=O) groups is 3. The number of imide groups is 1. The molecular formula is C18H10Cl2NO4-. The molecule has 0 aromatic heterocycles. The Labute approximate surface area is 153 Å². The van der Waals surface area contributed by atoms with Crippen LogP contribution in [0.4, 0.5) is 0 Å². The van der Waals surface area contributed by atoms with Crippen molar-refractivity contribution in [1.29, 1.82) is 0 Å². The number of carboxylic acids is 1. The lowest BCUT2D eigenvalue weighted by Gasteiger charge is -2.29. The van der Waals surface area contributed by atoms with Gasteiger partial charge in [-0.2, -0.15) is 0 Å². The highest BCUT2D eigenvalue weighted by atomic mass is 35.5. The van der Waals surface area contributed by atoms with E-state index in [1.165, 1.54) is 12.1 Å². The maximum atomic E-state index is 12.7. The highest BCUT2D eigenvalue weighted by Gasteiger charge is 2.34. The molecule has 0 saturated carbocycles. The molecule has 0 fully saturated rings. The molecule has 25 heavy (non-hydrogen) atoms. The number of amides is 2. The molecule has 2 aromatic carbocycles. The number of carboxylic acid groups (broad SMARTS) is 1. The summed E-state index contributed by atoms with van der Waals surface area (Å²) in [5.74, 6) is -2.97. The van der Waals surface area contributed by atoms with Crippen molar-refractivity contribution < 1.29 is 19.5 Å². The van der Waals surface area contributed by atoms with Gasteiger partial charge in [0.2, 0.25) is 0 Å². The van der Waals surface area contributed by atoms with E-state index in [9.17, 15) is 19.5 Å². The van der Waals surface area contributed by atoms with Gasteiger partial charge in [-0.05, 0) is 29.8 Å². The van der Waals surface area contributed by atoms with Gasteiger partial charge in [0, 0.05) is 26.7 Å². The van der Waals surface area contributed by atoms with Crippen LogP contribution < -0.4 is 5.11 Å². The summed E-state index contributed by atoms with van der Waals surface area (Å²) in [7, 11) is 0. The maximum absolute atomic E-state index is 12.7. The van der Waals surface area contributed by atoms with Crippen LogP contribution in [0.1, 0.15) is 21.5 Å². The Hall–Kier alpha value is -2.63. The average Bonchev–Trinajstić information content (AvgIpc) is 2.57. The summed E-state index contributed by atoms with van der Waals surface area (Å²) in [4.78, 5) is 36.7. The molecule has 1 heterocycles. The average molecular weight is 375 g/mol. The van der Waals surface area contributed by atoms with Crippen LogP contribution in [0.3, 0.4) is 0 Å². The van der Waals surface area contributed by atoms with Crippen molar-refractivity contribution in [3.8, 4) is 0 Å². The fourth-order valence-electron chi connectivity index (χ4n) is 2.61. The Balaban J connectivity index is 2.22. The predicted molar refractivity (Wildman–Crippen MR) is 91.8 cm³/mol. The first-order valence-corrected chi connectivity index (χ1v) is 7.97. The highest BCUT2D eigenvalue weighted by molar-refractivity contribution is 6.40. The zero-order valence-corrected chi connectivity index (χ0v) is 14.2. The minimum absolute atomic E-state index is 0.131. The molecule has 0 N–H and O–H groups in total. The third-order valence-corrected chi connectivity index (χ3v) is 4.40. The van der Waals surface area contributed by atoms with Crippen LogP contribution in [0.25, 0.3) is 11.6 Å². The lowest BCUT2D eigenvalue weighted by molar-refractivity contribution is -0.305. The molecule has 0 unspecified atom stereocenters. The van der Waals surface area contributed by atoms with Gasteiger partial charge in [-0.15, -0.1) is 0 Å². The number of hydrogen-bond acceptors (Lipinski definition) is 4. The van der Waals surface area contributed by atoms with E-state index in [0.717, 1.165) is 0 Å². The summed E-state index contributed by atoms with van der Waals surface area (Å²) in [6, 6.07) is 11.3. The van der Waals surface area contributed by atoms with Crippen molar-refractivity contribution in [2.75, 3.05) is 6.54 Å². The van der Waals surface area contributed by atoms with Crippen molar-refractivity contribution in [3.05, 3.63) is 69.2 Å². The van der Waals surface area contributed by atoms with E-state index >= 15 is 0 Å². The fourth-order valence-corrected chi connectivity index (χ4v) is 3.11. The van der Waals surface area contributed by atoms with Crippen LogP contribution in [-0.2, 0) is 9.59 Å². The Bertz CT molecular complexity index is 916. The first-order valence-electron chi connectivity index (χ1n) is 7.21. The van der Waals surface area contributed by atoms with Crippen molar-refractivity contribution >= 4 is 52.6 Å². The van der Waals surface area contributed by atoms with Crippen molar-refractivity contribution in [2.24, 2.45) is 0 Å². The number of rotatable bonds is 3. The van der Waals surface area contributed by atoms with E-state index < -0.39 is 24.3 Å². The molecule has 0 bridgehead atoms. The molecule has 2 amide bonds. The minimum Gasteiger partial charge on any atom is -0.548 e. The molecule has 0 atom stereocenters. The van der Waals surface area contributed by atoms with E-state index in [2.05, 4.69) is 0 Å². The number of carbonyl (C=O) groups excluding carboxylic acids is 3. The van der Waals surface area contributed by atoms with Crippen molar-refractivity contribution in [3.63, 3.8) is 0 Å². The second-order valence-electron chi connectivity index (χ2n) is 5.31. The summed E-state index contributed by atoms with van der Waals surface area (Å²) < 4.78 is 0. The summed E-state index contributed by atoms with van der Waals surface area (Å²) in [5, 5.41) is 11.6. The van der Waals surface area contributed by atoms with E-state index in [-0.39, 0.29) is 11.1 Å². The van der Waals surface area contributed by atoms with Crippen LogP contribution in [0.2, 0.25) is 10.0 Å². The highest BCUT2D eigenvalue weighted by Crippen LogP contribution is 2.34. The zero-order valence-electron chi connectivity index (χ0n) is 12.7. The van der Waals surface area contributed by atoms with Crippen LogP contribution in [0.15, 0.2) is 42.5 Å². The molecule has 1 aliphatic rings. The maximum Gasteiger partial charge on any atom is 0.261 e. The number of hydrogen-bond donors (Lipinski definition) is 0. The zero-order chi connectivity index (χ0) is 18.1. The Kier molecular flexibility index (Phi) is 4.61. The summed E-state index contributed by atoms with van der Waals surface area (Å²) >= 11 is 12.3. The van der Waals surface area contributed by atoms with Crippen LogP contribution >= 0.6 is 23.2 Å². The van der Waals surface area contributed by atoms with E-state index in [1.807, 2.05) is 0 Å². The number of fused-ring (bicyclic) bond motifs is 1. The molecule has 1 aliphatic heterocycles. The molecule has 0 spiro atoms. The SMILES string of the molecule is O=C([O-])CN1C(=O)/C(=C\c2c(Cl)cccc2Cl)c2ccccc2C1=O. The number of halogens is 2. The Morgan fingerprint density at radius 1 is 0.960 bits per heavy atom. The Morgan fingerprint density at radius 3 is 2.16 bits per heavy atom. The minimum atomic E-state index is -1.53. The molecule has 2 aromatic rings. The molecule has 0 aliphatic carbocycles. The lowest BCUT2D eigenvalue weighted by Crippen LogP contribution is -2.47. The number of aliphatic carboxylic acids is 1. The van der Waals surface area contributed by atoms with Gasteiger partial charge in [0.15, 0.2) is 0 Å². The van der Waals surface area contributed by atoms with E-state index in [1.54, 1.807) is 36.4 Å². The monoisotopic (exact) mass is 374 g/mol. The summed E-state index contributed by atoms with van der Waals surface area (Å²) in [6.45, 7) is -0.834. The second-order valence-corrected chi connectivity index (χ2v) is 6.12. The van der Waals surface area contributed by atoms with Gasteiger partial charge in [0.05, 0.1) is 12.5 Å². The largest absolute Gasteiger partial charge is 0.548 e. The first kappa shape index (κ1) is 17.2. The van der Waals surface area contributed by atoms with E-state index in [4.69, 9.17) is 23.2 Å². The van der Waals surface area contributed by atoms with Gasteiger partial charge < -0.3 is 9.90 Å². The smallest absolute Gasteiger partial charge is 0.261 e. The molecule has 126 valence electrons. The number of nitrogens with zero attached hydrogens (tertiary/aromatic N) is 1. The van der Waals surface area contributed by atoms with Gasteiger partial charge in [0.25, 0.3) is 11.8 Å². The molecule has 3 rings (SSSR count). The summed E-state index contributed by atoms with van der Waals surface area (Å²) in [6.07, 6.45) is 1.46. The third kappa shape index (κ3) is 3.16. The van der Waals surface area contributed by atoms with Crippen LogP contribution in [0.5, 0.6) is 0 Å². The van der Waals surface area contributed by atoms with Crippen molar-refractivity contribution in [2.45, 2.75) is 0 Å². The van der Waals surface area contributed by atoms with Gasteiger partial charge >= 0.3 is 0 Å². The standard InChI is InChI=1S/C18H11Cl2NO4/c19-14-6-3-7-15(20)13(14)8-12-10-4-1-2-5-11(10)17(24)21(18(12)25)9-16(22)23/h1-8H,9H2,(H,22,23)/p-1/b12-8-. The lowest BCUT2D eigenvalue weighted by atomic mass is 9.92. The molecule has 0 saturated heterocycles. The second kappa shape index (κ2) is 6.70. The molecule has 0 radical (unpaired) electrons. The molecule has 5 nitrogen and oxygen atoms in total. The summed E-state index contributed by atoms with van der Waals surface area (Å²) in [5.41, 5.74) is 1.15. The third-order valence-electron chi connectivity index (χ3n) is 3.74. The Morgan fingerprint density at radius 2 is 1.56 bits per heavy atom. The number of benzene rings is 2. The van der Waals surface area contributed by atoms with Crippen LogP contribution in [-0.4, -0.2) is 29.2 Å². The normalized spacial score (nSPS) is 15.4. The van der Waals surface area contributed by atoms with E-state index in [0.29, 0.717) is 26.1 Å². The topological polar surface area (TPSA) is 77.5 Å². The van der Waals surface area contributed by atoms with Gasteiger partial charge in [-0.1, -0.05) is 47.5 Å². The van der Waals surface area contributed by atoms with Crippen molar-refractivity contribution in [1.82, 2.24) is 4.90 Å². The van der Waals surface area contributed by atoms with Crippen LogP contribution in [0, 0.1) is 0 Å².